The fourth-order valence-electron chi connectivity index (χ4n) is 3.93. The highest BCUT2D eigenvalue weighted by molar-refractivity contribution is 5.60. The monoisotopic (exact) mass is 443 g/mol. The fourth-order valence-corrected chi connectivity index (χ4v) is 3.93. The smallest absolute Gasteiger partial charge is 0.179 e. The first-order valence-electron chi connectivity index (χ1n) is 11.9. The minimum Gasteiger partial charge on any atom is -0.245 e. The van der Waals surface area contributed by atoms with Crippen LogP contribution in [-0.4, -0.2) is 35.4 Å². The molecule has 0 aliphatic rings. The lowest BCUT2D eigenvalue weighted by Crippen LogP contribution is -2.07. The van der Waals surface area contributed by atoms with Crippen molar-refractivity contribution in [2.75, 3.05) is 0 Å². The molecule has 2 heterocycles. The number of H-pyrrole nitrogens is 1. The van der Waals surface area contributed by atoms with Crippen LogP contribution in [0.3, 0.4) is 0 Å². The lowest BCUT2D eigenvalue weighted by atomic mass is 9.98. The zero-order valence-corrected chi connectivity index (χ0v) is 19.8. The molecule has 0 atom stereocenters. The van der Waals surface area contributed by atoms with Crippen LogP contribution in [0.5, 0.6) is 0 Å². The molecule has 0 aliphatic heterocycles. The first-order valence-corrected chi connectivity index (χ1v) is 11.9. The molecule has 1 N–H and O–H groups in total. The maximum atomic E-state index is 4.86. The highest BCUT2D eigenvalue weighted by Gasteiger charge is 2.12. The Morgan fingerprint density at radius 2 is 1.76 bits per heavy atom. The third kappa shape index (κ3) is 6.12. The van der Waals surface area contributed by atoms with E-state index in [9.17, 15) is 0 Å². The van der Waals surface area contributed by atoms with Crippen molar-refractivity contribution in [1.82, 2.24) is 35.4 Å². The van der Waals surface area contributed by atoms with E-state index in [1.54, 1.807) is 0 Å². The molecule has 4 aromatic rings. The lowest BCUT2D eigenvalue weighted by Gasteiger charge is -2.09. The molecule has 0 unspecified atom stereocenters. The number of nitrogens with one attached hydrogen (secondary N) is 1. The molecule has 0 fully saturated rings. The average Bonchev–Trinajstić information content (AvgIpc) is 3.48. The van der Waals surface area contributed by atoms with Crippen molar-refractivity contribution in [2.24, 2.45) is 5.92 Å². The van der Waals surface area contributed by atoms with Gasteiger partial charge in [0.25, 0.3) is 0 Å². The first-order chi connectivity index (χ1) is 16.1. The van der Waals surface area contributed by atoms with Gasteiger partial charge < -0.3 is 0 Å². The largest absolute Gasteiger partial charge is 0.245 e. The van der Waals surface area contributed by atoms with E-state index in [0.717, 1.165) is 62.3 Å². The van der Waals surface area contributed by atoms with Crippen molar-refractivity contribution >= 4 is 0 Å². The summed E-state index contributed by atoms with van der Waals surface area (Å²) in [5.41, 5.74) is 4.71. The van der Waals surface area contributed by atoms with E-state index in [1.807, 2.05) is 12.1 Å². The Labute approximate surface area is 195 Å². The quantitative estimate of drug-likeness (QED) is 0.351. The SMILES string of the molecule is CCCCc1nc(CCC(C)C)nn1Cc1ccc(Cc2ccccc2-c2nnn[nH]2)cc1. The highest BCUT2D eigenvalue weighted by Crippen LogP contribution is 2.22. The number of rotatable bonds is 11. The minimum atomic E-state index is 0.661. The Morgan fingerprint density at radius 1 is 0.970 bits per heavy atom. The van der Waals surface area contributed by atoms with Crippen LogP contribution in [0.2, 0.25) is 0 Å². The predicted molar refractivity (Wildman–Crippen MR) is 130 cm³/mol. The number of aromatic nitrogens is 7. The van der Waals surface area contributed by atoms with Gasteiger partial charge in [-0.25, -0.2) is 14.8 Å². The Morgan fingerprint density at radius 3 is 2.48 bits per heavy atom. The van der Waals surface area contributed by atoms with Gasteiger partial charge in [-0.2, -0.15) is 5.10 Å². The molecular formula is C26H33N7. The highest BCUT2D eigenvalue weighted by atomic mass is 15.5. The number of aryl methyl sites for hydroxylation is 2. The minimum absolute atomic E-state index is 0.661. The van der Waals surface area contributed by atoms with E-state index in [4.69, 9.17) is 10.1 Å². The molecular weight excluding hydrogens is 410 g/mol. The molecule has 0 saturated heterocycles. The summed E-state index contributed by atoms with van der Waals surface area (Å²) in [7, 11) is 0. The average molecular weight is 444 g/mol. The second kappa shape index (κ2) is 11.0. The summed E-state index contributed by atoms with van der Waals surface area (Å²) in [6.45, 7) is 7.47. The van der Waals surface area contributed by atoms with Crippen molar-refractivity contribution < 1.29 is 0 Å². The molecule has 0 aliphatic carbocycles. The van der Waals surface area contributed by atoms with Gasteiger partial charge in [0.05, 0.1) is 6.54 Å². The molecule has 0 spiro atoms. The third-order valence-corrected chi connectivity index (χ3v) is 5.86. The molecule has 4 rings (SSSR count). The summed E-state index contributed by atoms with van der Waals surface area (Å²) in [5.74, 6) is 3.44. The number of aromatic amines is 1. The van der Waals surface area contributed by atoms with Crippen LogP contribution in [-0.2, 0) is 25.8 Å². The van der Waals surface area contributed by atoms with Gasteiger partial charge in [-0.15, -0.1) is 5.10 Å². The molecule has 7 heteroatoms. The van der Waals surface area contributed by atoms with E-state index in [1.165, 1.54) is 16.7 Å². The summed E-state index contributed by atoms with van der Waals surface area (Å²) < 4.78 is 2.10. The van der Waals surface area contributed by atoms with Gasteiger partial charge in [-0.3, -0.25) is 0 Å². The van der Waals surface area contributed by atoms with Crippen molar-refractivity contribution in [3.8, 4) is 11.4 Å². The maximum Gasteiger partial charge on any atom is 0.179 e. The Kier molecular flexibility index (Phi) is 7.60. The Balaban J connectivity index is 1.47. The summed E-state index contributed by atoms with van der Waals surface area (Å²) in [6.07, 6.45) is 6.17. The number of tetrazole rings is 1. The van der Waals surface area contributed by atoms with Crippen molar-refractivity contribution in [1.29, 1.82) is 0 Å². The fraction of sp³-hybridized carbons (Fsp3) is 0.423. The number of benzene rings is 2. The van der Waals surface area contributed by atoms with E-state index in [2.05, 4.69) is 82.5 Å². The molecule has 7 nitrogen and oxygen atoms in total. The maximum absolute atomic E-state index is 4.86. The molecule has 33 heavy (non-hydrogen) atoms. The first kappa shape index (κ1) is 22.8. The van der Waals surface area contributed by atoms with Crippen LogP contribution >= 0.6 is 0 Å². The van der Waals surface area contributed by atoms with E-state index in [-0.39, 0.29) is 0 Å². The molecule has 2 aromatic heterocycles. The number of hydrogen-bond acceptors (Lipinski definition) is 5. The molecule has 172 valence electrons. The summed E-state index contributed by atoms with van der Waals surface area (Å²) in [5, 5.41) is 19.2. The predicted octanol–water partition coefficient (Wildman–Crippen LogP) is 5.03. The van der Waals surface area contributed by atoms with Crippen LogP contribution in [0.1, 0.15) is 68.4 Å². The molecule has 2 aromatic carbocycles. The van der Waals surface area contributed by atoms with Crippen molar-refractivity contribution in [3.05, 3.63) is 76.9 Å². The molecule has 0 bridgehead atoms. The second-order valence-corrected chi connectivity index (χ2v) is 9.04. The summed E-state index contributed by atoms with van der Waals surface area (Å²) in [4.78, 5) is 4.86. The normalized spacial score (nSPS) is 11.4. The van der Waals surface area contributed by atoms with E-state index >= 15 is 0 Å². The van der Waals surface area contributed by atoms with Gasteiger partial charge >= 0.3 is 0 Å². The molecule has 0 radical (unpaired) electrons. The summed E-state index contributed by atoms with van der Waals surface area (Å²) in [6, 6.07) is 17.0. The van der Waals surface area contributed by atoms with Crippen molar-refractivity contribution in [3.63, 3.8) is 0 Å². The topological polar surface area (TPSA) is 85.2 Å². The number of hydrogen-bond donors (Lipinski definition) is 1. The van der Waals surface area contributed by atoms with Gasteiger partial charge in [0.2, 0.25) is 0 Å². The van der Waals surface area contributed by atoms with Crippen LogP contribution in [0.25, 0.3) is 11.4 Å². The third-order valence-electron chi connectivity index (χ3n) is 5.86. The molecule has 0 amide bonds. The lowest BCUT2D eigenvalue weighted by molar-refractivity contribution is 0.567. The van der Waals surface area contributed by atoms with Crippen LogP contribution in [0, 0.1) is 5.92 Å². The van der Waals surface area contributed by atoms with Gasteiger partial charge in [-0.05, 0) is 52.3 Å². The summed E-state index contributed by atoms with van der Waals surface area (Å²) >= 11 is 0. The van der Waals surface area contributed by atoms with Crippen LogP contribution in [0.15, 0.2) is 48.5 Å². The van der Waals surface area contributed by atoms with Gasteiger partial charge in [-0.1, -0.05) is 75.7 Å². The zero-order valence-electron chi connectivity index (χ0n) is 19.8. The van der Waals surface area contributed by atoms with Gasteiger partial charge in [0.15, 0.2) is 11.6 Å². The number of nitrogens with zero attached hydrogens (tertiary/aromatic N) is 6. The zero-order chi connectivity index (χ0) is 23.0. The Bertz CT molecular complexity index is 1130. The standard InChI is InChI=1S/C26H33N7/c1-4-5-10-25-27-24(16-11-19(2)3)30-33(25)18-21-14-12-20(13-15-21)17-22-8-6-7-9-23(22)26-28-31-32-29-26/h6-9,12-15,19H,4-5,10-11,16-18H2,1-3H3,(H,28,29,31,32). The van der Waals surface area contributed by atoms with Crippen LogP contribution < -0.4 is 0 Å². The second-order valence-electron chi connectivity index (χ2n) is 9.04. The Hall–Kier alpha value is -3.35. The van der Waals surface area contributed by atoms with Crippen LogP contribution in [0.4, 0.5) is 0 Å². The van der Waals surface area contributed by atoms with Gasteiger partial charge in [0.1, 0.15) is 5.82 Å². The van der Waals surface area contributed by atoms with Gasteiger partial charge in [0, 0.05) is 18.4 Å². The molecule has 0 saturated carbocycles. The number of unbranched alkanes of at least 4 members (excludes halogenated alkanes) is 1. The van der Waals surface area contributed by atoms with E-state index < -0.39 is 0 Å². The van der Waals surface area contributed by atoms with E-state index in [0.29, 0.717) is 11.7 Å². The van der Waals surface area contributed by atoms with Crippen molar-refractivity contribution in [2.45, 2.75) is 65.8 Å².